The fraction of sp³-hybridized carbons (Fsp3) is 0.462. The Morgan fingerprint density at radius 1 is 1.15 bits per heavy atom. The molecular weight excluding hydrogens is 277 g/mol. The Labute approximate surface area is 114 Å². The number of hydrogen-bond donors (Lipinski definition) is 0. The highest BCUT2D eigenvalue weighted by Gasteiger charge is 2.32. The Balaban J connectivity index is 2.59. The normalized spacial score (nSPS) is 11.4. The molecule has 0 heterocycles. The topological polar surface area (TPSA) is 44.8 Å². The highest BCUT2D eigenvalue weighted by Crippen LogP contribution is 2.26. The molecule has 0 saturated carbocycles. The lowest BCUT2D eigenvalue weighted by Gasteiger charge is -2.12. The van der Waals surface area contributed by atoms with Crippen molar-refractivity contribution in [3.8, 4) is 5.75 Å². The van der Waals surface area contributed by atoms with E-state index in [2.05, 4.69) is 4.74 Å². The lowest BCUT2D eigenvalue weighted by molar-refractivity contribution is -0.274. The van der Waals surface area contributed by atoms with Crippen LogP contribution < -0.4 is 4.74 Å². The van der Waals surface area contributed by atoms with E-state index in [9.17, 15) is 18.0 Å². The van der Waals surface area contributed by atoms with Crippen LogP contribution in [0.1, 0.15) is 16.8 Å². The maximum Gasteiger partial charge on any atom is 0.573 e. The molecule has 0 aliphatic rings. The van der Waals surface area contributed by atoms with Crippen LogP contribution >= 0.6 is 0 Å². The second kappa shape index (κ2) is 7.86. The highest BCUT2D eigenvalue weighted by atomic mass is 19.4. The van der Waals surface area contributed by atoms with Gasteiger partial charge in [0.25, 0.3) is 0 Å². The minimum Gasteiger partial charge on any atom is -0.405 e. The number of para-hydroxylation sites is 1. The van der Waals surface area contributed by atoms with Crippen LogP contribution in [0.15, 0.2) is 24.3 Å². The van der Waals surface area contributed by atoms with E-state index in [1.165, 1.54) is 25.3 Å². The van der Waals surface area contributed by atoms with E-state index in [1.54, 1.807) is 0 Å². The Morgan fingerprint density at radius 3 is 2.50 bits per heavy atom. The molecule has 0 bridgehead atoms. The molecule has 1 aromatic rings. The van der Waals surface area contributed by atoms with Crippen molar-refractivity contribution in [3.63, 3.8) is 0 Å². The number of carbonyl (C=O) groups excluding carboxylic acids is 1. The third-order valence-electron chi connectivity index (χ3n) is 2.32. The summed E-state index contributed by atoms with van der Waals surface area (Å²) in [5, 5.41) is 0. The fourth-order valence-electron chi connectivity index (χ4n) is 1.45. The Hall–Kier alpha value is -1.60. The maximum absolute atomic E-state index is 12.2. The molecule has 0 aliphatic heterocycles. The van der Waals surface area contributed by atoms with Gasteiger partial charge in [-0.2, -0.15) is 0 Å². The van der Waals surface area contributed by atoms with Crippen LogP contribution in [0, 0.1) is 0 Å². The maximum atomic E-state index is 12.2. The molecule has 7 heteroatoms. The zero-order valence-electron chi connectivity index (χ0n) is 10.9. The molecule has 0 aromatic heterocycles. The molecule has 0 N–H and O–H groups in total. The van der Waals surface area contributed by atoms with Crippen molar-refractivity contribution in [3.05, 3.63) is 29.8 Å². The number of rotatable bonds is 8. The van der Waals surface area contributed by atoms with Gasteiger partial charge in [0.2, 0.25) is 0 Å². The molecule has 4 nitrogen and oxygen atoms in total. The number of hydrogen-bond acceptors (Lipinski definition) is 4. The average molecular weight is 292 g/mol. The number of ketones is 1. The van der Waals surface area contributed by atoms with Crippen LogP contribution in [0.5, 0.6) is 5.75 Å². The summed E-state index contributed by atoms with van der Waals surface area (Å²) in [5.41, 5.74) is -0.111. The van der Waals surface area contributed by atoms with Gasteiger partial charge in [-0.1, -0.05) is 12.1 Å². The van der Waals surface area contributed by atoms with Gasteiger partial charge in [-0.3, -0.25) is 4.79 Å². The number of Topliss-reactive ketones (excluding diaryl/α,β-unsaturated/α-hetero) is 1. The summed E-state index contributed by atoms with van der Waals surface area (Å²) in [6.07, 6.45) is -4.85. The number of ether oxygens (including phenoxy) is 3. The molecule has 0 radical (unpaired) electrons. The third-order valence-corrected chi connectivity index (χ3v) is 2.32. The van der Waals surface area contributed by atoms with E-state index in [-0.39, 0.29) is 18.6 Å². The van der Waals surface area contributed by atoms with Crippen molar-refractivity contribution in [1.82, 2.24) is 0 Å². The smallest absolute Gasteiger partial charge is 0.405 e. The second-order valence-corrected chi connectivity index (χ2v) is 3.82. The standard InChI is InChI=1S/C13H15F3O4/c1-18-8-9-19-7-6-11(17)10-4-2-3-5-12(10)20-13(14,15)16/h2-5H,6-9H2,1H3. The first kappa shape index (κ1) is 16.5. The van der Waals surface area contributed by atoms with E-state index in [4.69, 9.17) is 9.47 Å². The average Bonchev–Trinajstić information content (AvgIpc) is 2.37. The van der Waals surface area contributed by atoms with E-state index in [1.807, 2.05) is 0 Å². The Bertz CT molecular complexity index is 432. The molecule has 0 unspecified atom stereocenters. The van der Waals surface area contributed by atoms with Gasteiger partial charge in [0, 0.05) is 13.5 Å². The number of halogens is 3. The van der Waals surface area contributed by atoms with Crippen molar-refractivity contribution in [2.75, 3.05) is 26.9 Å². The quantitative estimate of drug-likeness (QED) is 0.546. The lowest BCUT2D eigenvalue weighted by atomic mass is 10.1. The summed E-state index contributed by atoms with van der Waals surface area (Å²) < 4.78 is 50.3. The lowest BCUT2D eigenvalue weighted by Crippen LogP contribution is -2.19. The SMILES string of the molecule is COCCOCCC(=O)c1ccccc1OC(F)(F)F. The van der Waals surface area contributed by atoms with Crippen LogP contribution in [-0.4, -0.2) is 39.1 Å². The predicted molar refractivity (Wildman–Crippen MR) is 64.8 cm³/mol. The molecule has 0 saturated heterocycles. The minimum absolute atomic E-state index is 0.0258. The first-order chi connectivity index (χ1) is 9.44. The zero-order valence-corrected chi connectivity index (χ0v) is 10.9. The van der Waals surface area contributed by atoms with Gasteiger partial charge in [-0.05, 0) is 12.1 Å². The van der Waals surface area contributed by atoms with Gasteiger partial charge in [-0.15, -0.1) is 13.2 Å². The third kappa shape index (κ3) is 6.03. The largest absolute Gasteiger partial charge is 0.573 e. The van der Waals surface area contributed by atoms with E-state index < -0.39 is 17.9 Å². The highest BCUT2D eigenvalue weighted by molar-refractivity contribution is 5.98. The van der Waals surface area contributed by atoms with Crippen molar-refractivity contribution in [2.45, 2.75) is 12.8 Å². The molecule has 0 aliphatic carbocycles. The number of benzene rings is 1. The first-order valence-electron chi connectivity index (χ1n) is 5.88. The summed E-state index contributed by atoms with van der Waals surface area (Å²) in [7, 11) is 1.51. The van der Waals surface area contributed by atoms with E-state index in [0.29, 0.717) is 13.2 Å². The number of alkyl halides is 3. The van der Waals surface area contributed by atoms with E-state index >= 15 is 0 Å². The molecule has 1 aromatic carbocycles. The van der Waals surface area contributed by atoms with Crippen LogP contribution in [0.25, 0.3) is 0 Å². The number of carbonyl (C=O) groups is 1. The Kier molecular flexibility index (Phi) is 6.47. The molecule has 20 heavy (non-hydrogen) atoms. The molecular formula is C13H15F3O4. The molecule has 0 amide bonds. The van der Waals surface area contributed by atoms with Crippen molar-refractivity contribution in [1.29, 1.82) is 0 Å². The van der Waals surface area contributed by atoms with Gasteiger partial charge < -0.3 is 14.2 Å². The molecule has 0 fully saturated rings. The molecule has 0 spiro atoms. The van der Waals surface area contributed by atoms with Gasteiger partial charge in [-0.25, -0.2) is 0 Å². The van der Waals surface area contributed by atoms with Crippen LogP contribution in [-0.2, 0) is 9.47 Å². The van der Waals surface area contributed by atoms with Gasteiger partial charge in [0.15, 0.2) is 5.78 Å². The van der Waals surface area contributed by atoms with Crippen molar-refractivity contribution >= 4 is 5.78 Å². The fourth-order valence-corrected chi connectivity index (χ4v) is 1.45. The van der Waals surface area contributed by atoms with E-state index in [0.717, 1.165) is 6.07 Å². The summed E-state index contributed by atoms with van der Waals surface area (Å²) in [6.45, 7) is 0.828. The molecule has 0 atom stereocenters. The van der Waals surface area contributed by atoms with Gasteiger partial charge >= 0.3 is 6.36 Å². The van der Waals surface area contributed by atoms with Crippen LogP contribution in [0.4, 0.5) is 13.2 Å². The number of methoxy groups -OCH3 is 1. The Morgan fingerprint density at radius 2 is 1.85 bits per heavy atom. The summed E-state index contributed by atoms with van der Waals surface area (Å²) in [6, 6.07) is 5.24. The second-order valence-electron chi connectivity index (χ2n) is 3.82. The van der Waals surface area contributed by atoms with Gasteiger partial charge in [0.05, 0.1) is 25.4 Å². The summed E-state index contributed by atoms with van der Waals surface area (Å²) >= 11 is 0. The summed E-state index contributed by atoms with van der Waals surface area (Å²) in [4.78, 5) is 11.8. The molecule has 112 valence electrons. The van der Waals surface area contributed by atoms with Crippen molar-refractivity contribution in [2.24, 2.45) is 0 Å². The summed E-state index contributed by atoms with van der Waals surface area (Å²) in [5.74, 6) is -0.968. The first-order valence-corrected chi connectivity index (χ1v) is 5.88. The zero-order chi connectivity index (χ0) is 15.0. The van der Waals surface area contributed by atoms with Gasteiger partial charge in [0.1, 0.15) is 5.75 Å². The van der Waals surface area contributed by atoms with Crippen LogP contribution in [0.3, 0.4) is 0 Å². The minimum atomic E-state index is -4.83. The van der Waals surface area contributed by atoms with Crippen LogP contribution in [0.2, 0.25) is 0 Å². The van der Waals surface area contributed by atoms with Crippen molar-refractivity contribution < 1.29 is 32.2 Å². The monoisotopic (exact) mass is 292 g/mol. The molecule has 1 rings (SSSR count). The predicted octanol–water partition coefficient (Wildman–Crippen LogP) is 2.82.